The Balaban J connectivity index is 2.69. The van der Waals surface area contributed by atoms with Gasteiger partial charge in [0.25, 0.3) is 0 Å². The maximum Gasteiger partial charge on any atom is -0.0236 e. The van der Waals surface area contributed by atoms with E-state index in [1.807, 2.05) is 6.08 Å². The van der Waals surface area contributed by atoms with E-state index in [4.69, 9.17) is 0 Å². The van der Waals surface area contributed by atoms with Crippen LogP contribution in [0.2, 0.25) is 0 Å². The minimum absolute atomic E-state index is 1.10. The lowest BCUT2D eigenvalue weighted by Gasteiger charge is -2.08. The summed E-state index contributed by atoms with van der Waals surface area (Å²) in [6.07, 6.45) is 8.74. The van der Waals surface area contributed by atoms with Crippen LogP contribution < -0.4 is 0 Å². The summed E-state index contributed by atoms with van der Waals surface area (Å²) in [4.78, 5) is 0. The third-order valence-corrected chi connectivity index (χ3v) is 2.95. The molecule has 0 aliphatic carbocycles. The lowest BCUT2D eigenvalue weighted by molar-refractivity contribution is 0.876. The van der Waals surface area contributed by atoms with Crippen molar-refractivity contribution in [3.63, 3.8) is 0 Å². The summed E-state index contributed by atoms with van der Waals surface area (Å²) in [6.45, 7) is 8.15. The van der Waals surface area contributed by atoms with E-state index in [9.17, 15) is 0 Å². The fourth-order valence-electron chi connectivity index (χ4n) is 1.96. The highest BCUT2D eigenvalue weighted by Crippen LogP contribution is 2.16. The molecule has 0 amide bonds. The van der Waals surface area contributed by atoms with Gasteiger partial charge in [0.05, 0.1) is 0 Å². The standard InChI is InChI=1S/C16H22/c1-4-9-15-10-7-8-11-16(15)13-12-14(5-2)6-3/h5-8,10-11H,2,4,9,12-13H2,1,3H3/b14-6+. The predicted molar refractivity (Wildman–Crippen MR) is 72.7 cm³/mol. The molecule has 0 unspecified atom stereocenters. The summed E-state index contributed by atoms with van der Waals surface area (Å²) in [5, 5.41) is 0. The van der Waals surface area contributed by atoms with E-state index in [1.54, 1.807) is 0 Å². The van der Waals surface area contributed by atoms with E-state index >= 15 is 0 Å². The van der Waals surface area contributed by atoms with Crippen molar-refractivity contribution >= 4 is 0 Å². The van der Waals surface area contributed by atoms with Crippen LogP contribution in [-0.4, -0.2) is 0 Å². The van der Waals surface area contributed by atoms with E-state index in [0.29, 0.717) is 0 Å². The number of hydrogen-bond acceptors (Lipinski definition) is 0. The SMILES string of the molecule is C=C/C(=C\C)CCc1ccccc1CCC. The van der Waals surface area contributed by atoms with Crippen LogP contribution in [0.3, 0.4) is 0 Å². The molecule has 86 valence electrons. The number of allylic oxidation sites excluding steroid dienone is 3. The zero-order valence-electron chi connectivity index (χ0n) is 10.5. The second-order valence-corrected chi connectivity index (χ2v) is 4.09. The largest absolute Gasteiger partial charge is 0.0988 e. The number of aryl methyl sites for hydroxylation is 2. The van der Waals surface area contributed by atoms with Crippen molar-refractivity contribution in [1.29, 1.82) is 0 Å². The van der Waals surface area contributed by atoms with Gasteiger partial charge in [-0.2, -0.15) is 0 Å². The first-order valence-electron chi connectivity index (χ1n) is 6.16. The molecule has 0 saturated carbocycles. The molecule has 0 heteroatoms. The van der Waals surface area contributed by atoms with Crippen LogP contribution >= 0.6 is 0 Å². The summed E-state index contributed by atoms with van der Waals surface area (Å²) in [7, 11) is 0. The highest BCUT2D eigenvalue weighted by molar-refractivity contribution is 5.29. The van der Waals surface area contributed by atoms with Crippen molar-refractivity contribution in [2.75, 3.05) is 0 Å². The van der Waals surface area contributed by atoms with Crippen molar-refractivity contribution in [2.24, 2.45) is 0 Å². The Hall–Kier alpha value is -1.30. The first-order chi connectivity index (χ1) is 7.81. The Morgan fingerprint density at radius 2 is 1.81 bits per heavy atom. The molecule has 0 fully saturated rings. The maximum absolute atomic E-state index is 3.83. The Kier molecular flexibility index (Phi) is 5.63. The molecule has 0 aliphatic rings. The fourth-order valence-corrected chi connectivity index (χ4v) is 1.96. The summed E-state index contributed by atoms with van der Waals surface area (Å²) < 4.78 is 0. The molecule has 0 heterocycles. The van der Waals surface area contributed by atoms with E-state index in [2.05, 4.69) is 50.8 Å². The van der Waals surface area contributed by atoms with Gasteiger partial charge in [-0.15, -0.1) is 0 Å². The molecule has 1 aromatic carbocycles. The van der Waals surface area contributed by atoms with Crippen LogP contribution in [0, 0.1) is 0 Å². The van der Waals surface area contributed by atoms with Gasteiger partial charge in [0.15, 0.2) is 0 Å². The van der Waals surface area contributed by atoms with Gasteiger partial charge in [0.1, 0.15) is 0 Å². The summed E-state index contributed by atoms with van der Waals surface area (Å²) in [6, 6.07) is 8.78. The van der Waals surface area contributed by atoms with E-state index in [-0.39, 0.29) is 0 Å². The van der Waals surface area contributed by atoms with E-state index in [1.165, 1.54) is 29.5 Å². The van der Waals surface area contributed by atoms with E-state index in [0.717, 1.165) is 12.8 Å². The normalized spacial score (nSPS) is 11.5. The van der Waals surface area contributed by atoms with Crippen molar-refractivity contribution in [2.45, 2.75) is 39.5 Å². The highest BCUT2D eigenvalue weighted by Gasteiger charge is 2.01. The minimum atomic E-state index is 1.10. The van der Waals surface area contributed by atoms with Crippen molar-refractivity contribution in [3.8, 4) is 0 Å². The molecule has 0 nitrogen and oxygen atoms in total. The maximum atomic E-state index is 3.83. The summed E-state index contributed by atoms with van der Waals surface area (Å²) >= 11 is 0. The number of benzene rings is 1. The number of rotatable bonds is 6. The Morgan fingerprint density at radius 3 is 2.31 bits per heavy atom. The minimum Gasteiger partial charge on any atom is -0.0988 e. The topological polar surface area (TPSA) is 0 Å². The molecule has 0 radical (unpaired) electrons. The smallest absolute Gasteiger partial charge is 0.0236 e. The Morgan fingerprint density at radius 1 is 1.19 bits per heavy atom. The fraction of sp³-hybridized carbons (Fsp3) is 0.375. The molecule has 16 heavy (non-hydrogen) atoms. The molecule has 0 aliphatic heterocycles. The average Bonchev–Trinajstić information content (AvgIpc) is 2.33. The zero-order valence-corrected chi connectivity index (χ0v) is 10.5. The zero-order chi connectivity index (χ0) is 11.8. The second-order valence-electron chi connectivity index (χ2n) is 4.09. The molecule has 0 N–H and O–H groups in total. The van der Waals surface area contributed by atoms with Gasteiger partial charge in [-0.3, -0.25) is 0 Å². The Bertz CT molecular complexity index is 358. The van der Waals surface area contributed by atoms with Gasteiger partial charge < -0.3 is 0 Å². The van der Waals surface area contributed by atoms with Gasteiger partial charge in [-0.1, -0.05) is 61.9 Å². The molecule has 0 bridgehead atoms. The van der Waals surface area contributed by atoms with Crippen molar-refractivity contribution in [1.82, 2.24) is 0 Å². The lowest BCUT2D eigenvalue weighted by Crippen LogP contribution is -1.94. The molecular formula is C16H22. The van der Waals surface area contributed by atoms with Crippen LogP contribution in [0.15, 0.2) is 48.6 Å². The Labute approximate surface area is 99.7 Å². The molecule has 0 aromatic heterocycles. The van der Waals surface area contributed by atoms with Gasteiger partial charge in [0.2, 0.25) is 0 Å². The molecule has 0 spiro atoms. The summed E-state index contributed by atoms with van der Waals surface area (Å²) in [5.41, 5.74) is 4.33. The van der Waals surface area contributed by atoms with Gasteiger partial charge in [-0.05, 0) is 37.3 Å². The number of hydrogen-bond donors (Lipinski definition) is 0. The predicted octanol–water partition coefficient (Wildman–Crippen LogP) is 4.70. The molecule has 0 saturated heterocycles. The van der Waals surface area contributed by atoms with Gasteiger partial charge in [0, 0.05) is 0 Å². The quantitative estimate of drug-likeness (QED) is 0.602. The van der Waals surface area contributed by atoms with Gasteiger partial charge >= 0.3 is 0 Å². The van der Waals surface area contributed by atoms with Crippen LogP contribution in [0.5, 0.6) is 0 Å². The lowest BCUT2D eigenvalue weighted by atomic mass is 9.97. The third kappa shape index (κ3) is 3.69. The highest BCUT2D eigenvalue weighted by atomic mass is 14.1. The van der Waals surface area contributed by atoms with Crippen molar-refractivity contribution < 1.29 is 0 Å². The molecule has 0 atom stereocenters. The average molecular weight is 214 g/mol. The molecular weight excluding hydrogens is 192 g/mol. The first-order valence-corrected chi connectivity index (χ1v) is 6.16. The summed E-state index contributed by atoms with van der Waals surface area (Å²) in [5.74, 6) is 0. The second kappa shape index (κ2) is 7.05. The van der Waals surface area contributed by atoms with Crippen LogP contribution in [0.1, 0.15) is 37.8 Å². The molecule has 1 rings (SSSR count). The van der Waals surface area contributed by atoms with Crippen molar-refractivity contribution in [3.05, 3.63) is 59.7 Å². The van der Waals surface area contributed by atoms with Crippen LogP contribution in [0.25, 0.3) is 0 Å². The van der Waals surface area contributed by atoms with Crippen LogP contribution in [-0.2, 0) is 12.8 Å². The third-order valence-electron chi connectivity index (χ3n) is 2.95. The monoisotopic (exact) mass is 214 g/mol. The van der Waals surface area contributed by atoms with Crippen LogP contribution in [0.4, 0.5) is 0 Å². The first kappa shape index (κ1) is 12.8. The van der Waals surface area contributed by atoms with Gasteiger partial charge in [-0.25, -0.2) is 0 Å². The molecule has 1 aromatic rings. The van der Waals surface area contributed by atoms with E-state index < -0.39 is 0 Å².